The SMILES string of the molecule is CCCCOC(=O)c1ccc(NC(=O)C(C#N)=Cc2ccccc2OC(C)C)cc1. The number of benzene rings is 2. The van der Waals surface area contributed by atoms with Gasteiger partial charge in [0.05, 0.1) is 18.3 Å². The third-order valence-electron chi connectivity index (χ3n) is 4.06. The first-order valence-electron chi connectivity index (χ1n) is 9.90. The molecule has 0 saturated heterocycles. The average molecular weight is 406 g/mol. The number of unbranched alkanes of at least 4 members (excludes halogenated alkanes) is 1. The summed E-state index contributed by atoms with van der Waals surface area (Å²) in [7, 11) is 0. The number of anilines is 1. The number of nitrogens with zero attached hydrogens (tertiary/aromatic N) is 1. The fourth-order valence-corrected chi connectivity index (χ4v) is 2.55. The van der Waals surface area contributed by atoms with Crippen molar-refractivity contribution < 1.29 is 19.1 Å². The highest BCUT2D eigenvalue weighted by atomic mass is 16.5. The Kier molecular flexibility index (Phi) is 8.64. The van der Waals surface area contributed by atoms with Crippen LogP contribution in [0.25, 0.3) is 6.08 Å². The van der Waals surface area contributed by atoms with Gasteiger partial charge in [-0.3, -0.25) is 4.79 Å². The van der Waals surface area contributed by atoms with Gasteiger partial charge < -0.3 is 14.8 Å². The Labute approximate surface area is 177 Å². The molecule has 2 aromatic carbocycles. The van der Waals surface area contributed by atoms with Crippen LogP contribution in [-0.4, -0.2) is 24.6 Å². The summed E-state index contributed by atoms with van der Waals surface area (Å²) < 4.78 is 10.9. The largest absolute Gasteiger partial charge is 0.490 e. The number of ether oxygens (including phenoxy) is 2. The summed E-state index contributed by atoms with van der Waals surface area (Å²) in [5.41, 5.74) is 1.46. The van der Waals surface area contributed by atoms with Crippen molar-refractivity contribution in [3.63, 3.8) is 0 Å². The molecule has 0 aliphatic heterocycles. The van der Waals surface area contributed by atoms with E-state index < -0.39 is 11.9 Å². The van der Waals surface area contributed by atoms with Gasteiger partial charge in [0.1, 0.15) is 17.4 Å². The molecule has 1 N–H and O–H groups in total. The van der Waals surface area contributed by atoms with E-state index in [-0.39, 0.29) is 11.7 Å². The maximum Gasteiger partial charge on any atom is 0.338 e. The number of amides is 1. The molecule has 0 fully saturated rings. The van der Waals surface area contributed by atoms with Gasteiger partial charge in [0.15, 0.2) is 0 Å². The van der Waals surface area contributed by atoms with Gasteiger partial charge in [-0.15, -0.1) is 0 Å². The van der Waals surface area contributed by atoms with Crippen LogP contribution in [0.3, 0.4) is 0 Å². The Hall–Kier alpha value is -3.59. The highest BCUT2D eigenvalue weighted by Gasteiger charge is 2.13. The molecule has 0 saturated carbocycles. The summed E-state index contributed by atoms with van der Waals surface area (Å²) in [5.74, 6) is -0.352. The maximum atomic E-state index is 12.5. The Balaban J connectivity index is 2.10. The van der Waals surface area contributed by atoms with Crippen molar-refractivity contribution in [2.45, 2.75) is 39.7 Å². The van der Waals surface area contributed by atoms with E-state index in [1.807, 2.05) is 39.0 Å². The third kappa shape index (κ3) is 6.78. The zero-order valence-electron chi connectivity index (χ0n) is 17.5. The number of rotatable bonds is 9. The quantitative estimate of drug-likeness (QED) is 0.275. The molecule has 0 spiro atoms. The van der Waals surface area contributed by atoms with E-state index in [0.29, 0.717) is 29.2 Å². The normalized spacial score (nSPS) is 11.0. The Morgan fingerprint density at radius 2 is 1.83 bits per heavy atom. The summed E-state index contributed by atoms with van der Waals surface area (Å²) in [4.78, 5) is 24.5. The van der Waals surface area contributed by atoms with Crippen LogP contribution in [0.4, 0.5) is 5.69 Å². The molecule has 2 aromatic rings. The molecular weight excluding hydrogens is 380 g/mol. The second-order valence-electron chi connectivity index (χ2n) is 6.90. The van der Waals surface area contributed by atoms with Gasteiger partial charge in [-0.05, 0) is 56.7 Å². The molecule has 0 aliphatic carbocycles. The monoisotopic (exact) mass is 406 g/mol. The Bertz CT molecular complexity index is 940. The summed E-state index contributed by atoms with van der Waals surface area (Å²) in [6.07, 6.45) is 3.22. The number of nitriles is 1. The van der Waals surface area contributed by atoms with Gasteiger partial charge in [-0.25, -0.2) is 4.79 Å². The standard InChI is InChI=1S/C24H26N2O4/c1-4-5-14-29-24(28)18-10-12-21(13-11-18)26-23(27)20(16-25)15-19-8-6-7-9-22(19)30-17(2)3/h6-13,15,17H,4-5,14H2,1-3H3,(H,26,27). The van der Waals surface area contributed by atoms with Crippen molar-refractivity contribution in [2.24, 2.45) is 0 Å². The third-order valence-corrected chi connectivity index (χ3v) is 4.06. The molecule has 0 unspecified atom stereocenters. The second kappa shape index (κ2) is 11.4. The van der Waals surface area contributed by atoms with E-state index in [9.17, 15) is 14.9 Å². The van der Waals surface area contributed by atoms with Crippen LogP contribution in [0.5, 0.6) is 5.75 Å². The molecule has 0 atom stereocenters. The molecular formula is C24H26N2O4. The van der Waals surface area contributed by atoms with Crippen molar-refractivity contribution in [1.29, 1.82) is 5.26 Å². The molecule has 0 aromatic heterocycles. The summed E-state index contributed by atoms with van der Waals surface area (Å²) in [6, 6.07) is 15.5. The molecule has 1 amide bonds. The zero-order chi connectivity index (χ0) is 21.9. The zero-order valence-corrected chi connectivity index (χ0v) is 17.5. The van der Waals surface area contributed by atoms with Gasteiger partial charge in [-0.1, -0.05) is 31.5 Å². The van der Waals surface area contributed by atoms with Gasteiger partial charge in [-0.2, -0.15) is 5.26 Å². The van der Waals surface area contributed by atoms with E-state index in [4.69, 9.17) is 9.47 Å². The van der Waals surface area contributed by atoms with Crippen molar-refractivity contribution >= 4 is 23.6 Å². The number of carbonyl (C=O) groups excluding carboxylic acids is 2. The first-order valence-corrected chi connectivity index (χ1v) is 9.90. The molecule has 0 bridgehead atoms. The lowest BCUT2D eigenvalue weighted by Crippen LogP contribution is -2.14. The van der Waals surface area contributed by atoms with Crippen LogP contribution in [-0.2, 0) is 9.53 Å². The lowest BCUT2D eigenvalue weighted by Gasteiger charge is -2.12. The minimum atomic E-state index is -0.546. The first kappa shape index (κ1) is 22.7. The topological polar surface area (TPSA) is 88.4 Å². The summed E-state index contributed by atoms with van der Waals surface area (Å²) in [5, 5.41) is 12.1. The smallest absolute Gasteiger partial charge is 0.338 e. The molecule has 30 heavy (non-hydrogen) atoms. The number of para-hydroxylation sites is 1. The molecule has 0 aliphatic rings. The van der Waals surface area contributed by atoms with Crippen LogP contribution in [0.15, 0.2) is 54.1 Å². The predicted molar refractivity (Wildman–Crippen MR) is 116 cm³/mol. The van der Waals surface area contributed by atoms with Crippen molar-refractivity contribution in [1.82, 2.24) is 0 Å². The summed E-state index contributed by atoms with van der Waals surface area (Å²) in [6.45, 7) is 6.21. The lowest BCUT2D eigenvalue weighted by molar-refractivity contribution is -0.112. The molecule has 0 radical (unpaired) electrons. The van der Waals surface area contributed by atoms with Gasteiger partial charge in [0, 0.05) is 11.3 Å². The number of carbonyl (C=O) groups is 2. The minimum absolute atomic E-state index is 0.0360. The van der Waals surface area contributed by atoms with E-state index >= 15 is 0 Å². The van der Waals surface area contributed by atoms with E-state index in [1.165, 1.54) is 6.08 Å². The van der Waals surface area contributed by atoms with E-state index in [0.717, 1.165) is 12.8 Å². The lowest BCUT2D eigenvalue weighted by atomic mass is 10.1. The van der Waals surface area contributed by atoms with E-state index in [1.54, 1.807) is 36.4 Å². The Morgan fingerprint density at radius 1 is 1.13 bits per heavy atom. The van der Waals surface area contributed by atoms with E-state index in [2.05, 4.69) is 5.32 Å². The number of hydrogen-bond acceptors (Lipinski definition) is 5. The second-order valence-corrected chi connectivity index (χ2v) is 6.90. The van der Waals surface area contributed by atoms with Crippen LogP contribution in [0, 0.1) is 11.3 Å². The number of hydrogen-bond donors (Lipinski definition) is 1. The summed E-state index contributed by atoms with van der Waals surface area (Å²) >= 11 is 0. The van der Waals surface area contributed by atoms with Gasteiger partial charge in [0.2, 0.25) is 0 Å². The maximum absolute atomic E-state index is 12.5. The van der Waals surface area contributed by atoms with Gasteiger partial charge in [0.25, 0.3) is 5.91 Å². The van der Waals surface area contributed by atoms with Crippen LogP contribution in [0.1, 0.15) is 49.5 Å². The molecule has 0 heterocycles. The molecule has 2 rings (SSSR count). The number of nitrogens with one attached hydrogen (secondary N) is 1. The van der Waals surface area contributed by atoms with Crippen molar-refractivity contribution in [2.75, 3.05) is 11.9 Å². The number of esters is 1. The average Bonchev–Trinajstić information content (AvgIpc) is 2.73. The fourth-order valence-electron chi connectivity index (χ4n) is 2.55. The highest BCUT2D eigenvalue weighted by molar-refractivity contribution is 6.10. The predicted octanol–water partition coefficient (Wildman–Crippen LogP) is 4.98. The molecule has 6 nitrogen and oxygen atoms in total. The first-order chi connectivity index (χ1) is 14.4. The fraction of sp³-hybridized carbons (Fsp3) is 0.292. The minimum Gasteiger partial charge on any atom is -0.490 e. The van der Waals surface area contributed by atoms with Crippen LogP contribution < -0.4 is 10.1 Å². The highest BCUT2D eigenvalue weighted by Crippen LogP contribution is 2.22. The molecule has 156 valence electrons. The van der Waals surface area contributed by atoms with Crippen LogP contribution in [0.2, 0.25) is 0 Å². The van der Waals surface area contributed by atoms with Gasteiger partial charge >= 0.3 is 5.97 Å². The Morgan fingerprint density at radius 3 is 2.47 bits per heavy atom. The van der Waals surface area contributed by atoms with Crippen molar-refractivity contribution in [3.05, 3.63) is 65.2 Å². The van der Waals surface area contributed by atoms with Crippen molar-refractivity contribution in [3.8, 4) is 11.8 Å². The van der Waals surface area contributed by atoms with Crippen LogP contribution >= 0.6 is 0 Å². The molecule has 6 heteroatoms.